The van der Waals surface area contributed by atoms with Gasteiger partial charge in [-0.25, -0.2) is 19.3 Å². The molecule has 1 aliphatic rings. The highest BCUT2D eigenvalue weighted by Crippen LogP contribution is 2.26. The van der Waals surface area contributed by atoms with Gasteiger partial charge in [-0.05, 0) is 58.6 Å². The average molecular weight is 494 g/mol. The SMILES string of the molecule is CC(Nc1ncnc(N)c1C#N)c1nc(OCC2CCN(C(=O)OC(C)(C)C)CC2)c2cccn2n1. The number of likely N-dealkylation sites (tertiary alicyclic amines) is 1. The molecule has 1 fully saturated rings. The Morgan fingerprint density at radius 2 is 2.08 bits per heavy atom. The summed E-state index contributed by atoms with van der Waals surface area (Å²) in [5, 5.41) is 17.1. The summed E-state index contributed by atoms with van der Waals surface area (Å²) in [4.78, 5) is 26.7. The average Bonchev–Trinajstić information content (AvgIpc) is 3.31. The van der Waals surface area contributed by atoms with Gasteiger partial charge in [0.25, 0.3) is 0 Å². The Kier molecular flexibility index (Phi) is 7.10. The van der Waals surface area contributed by atoms with Crippen molar-refractivity contribution >= 4 is 23.2 Å². The van der Waals surface area contributed by atoms with Crippen LogP contribution in [0.2, 0.25) is 0 Å². The fourth-order valence-electron chi connectivity index (χ4n) is 3.91. The molecule has 0 aliphatic carbocycles. The predicted octanol–water partition coefficient (Wildman–Crippen LogP) is 3.17. The largest absolute Gasteiger partial charge is 0.476 e. The van der Waals surface area contributed by atoms with Crippen molar-refractivity contribution in [2.24, 2.45) is 5.92 Å². The summed E-state index contributed by atoms with van der Waals surface area (Å²) in [6.07, 6.45) is 4.48. The van der Waals surface area contributed by atoms with Crippen LogP contribution in [0.5, 0.6) is 5.88 Å². The Morgan fingerprint density at radius 3 is 2.78 bits per heavy atom. The Bertz CT molecular complexity index is 1270. The molecule has 36 heavy (non-hydrogen) atoms. The highest BCUT2D eigenvalue weighted by molar-refractivity contribution is 5.68. The smallest absolute Gasteiger partial charge is 0.410 e. The molecule has 0 spiro atoms. The van der Waals surface area contributed by atoms with Gasteiger partial charge in [-0.1, -0.05) is 0 Å². The maximum absolute atomic E-state index is 12.3. The van der Waals surface area contributed by atoms with Crippen LogP contribution in [0.4, 0.5) is 16.4 Å². The highest BCUT2D eigenvalue weighted by Gasteiger charge is 2.27. The number of amides is 1. The Balaban J connectivity index is 1.42. The lowest BCUT2D eigenvalue weighted by atomic mass is 9.98. The number of fused-ring (bicyclic) bond motifs is 1. The molecule has 1 atom stereocenters. The number of piperidine rings is 1. The first kappa shape index (κ1) is 25.0. The van der Waals surface area contributed by atoms with Crippen LogP contribution in [0.25, 0.3) is 5.52 Å². The number of nitriles is 1. The first-order valence-corrected chi connectivity index (χ1v) is 11.9. The van der Waals surface area contributed by atoms with Gasteiger partial charge in [-0.15, -0.1) is 0 Å². The third kappa shape index (κ3) is 5.73. The van der Waals surface area contributed by atoms with Gasteiger partial charge >= 0.3 is 6.09 Å². The van der Waals surface area contributed by atoms with E-state index < -0.39 is 11.6 Å². The lowest BCUT2D eigenvalue weighted by Crippen LogP contribution is -2.42. The third-order valence-electron chi connectivity index (χ3n) is 5.82. The number of hydrogen-bond acceptors (Lipinski definition) is 10. The first-order valence-electron chi connectivity index (χ1n) is 11.9. The zero-order valence-corrected chi connectivity index (χ0v) is 20.9. The van der Waals surface area contributed by atoms with Crippen LogP contribution >= 0.6 is 0 Å². The standard InChI is InChI=1S/C24H31N9O3/c1-15(29-21-17(12-25)19(26)27-14-28-21)20-30-22(18-6-5-9-33(18)31-20)35-13-16-7-10-32(11-8-16)23(34)36-24(2,3)4/h5-6,9,14-16H,7-8,10-11,13H2,1-4H3,(H3,26,27,28,29). The van der Waals surface area contributed by atoms with Gasteiger partial charge in [0.05, 0.1) is 12.6 Å². The summed E-state index contributed by atoms with van der Waals surface area (Å²) in [6.45, 7) is 9.19. The summed E-state index contributed by atoms with van der Waals surface area (Å²) in [5.74, 6) is 1.64. The molecular formula is C24H31N9O3. The molecule has 190 valence electrons. The molecule has 0 radical (unpaired) electrons. The number of carbonyl (C=O) groups excluding carboxylic acids is 1. The van der Waals surface area contributed by atoms with Gasteiger partial charge < -0.3 is 25.4 Å². The van der Waals surface area contributed by atoms with Gasteiger partial charge in [0, 0.05) is 19.3 Å². The Morgan fingerprint density at radius 1 is 1.33 bits per heavy atom. The van der Waals surface area contributed by atoms with Crippen LogP contribution in [-0.4, -0.2) is 60.9 Å². The van der Waals surface area contributed by atoms with Gasteiger partial charge in [-0.3, -0.25) is 0 Å². The summed E-state index contributed by atoms with van der Waals surface area (Å²) >= 11 is 0. The normalized spacial score (nSPS) is 15.4. The first-order chi connectivity index (χ1) is 17.1. The monoisotopic (exact) mass is 493 g/mol. The quantitative estimate of drug-likeness (QED) is 0.522. The second kappa shape index (κ2) is 10.2. The number of ether oxygens (including phenoxy) is 2. The number of hydrogen-bond donors (Lipinski definition) is 2. The van der Waals surface area contributed by atoms with E-state index in [-0.39, 0.29) is 23.4 Å². The molecule has 4 rings (SSSR count). The number of nitrogen functional groups attached to an aromatic ring is 1. The minimum absolute atomic E-state index is 0.103. The van der Waals surface area contributed by atoms with Crippen molar-refractivity contribution in [1.82, 2.24) is 29.5 Å². The van der Waals surface area contributed by atoms with E-state index in [0.29, 0.717) is 37.2 Å². The number of nitrogens with zero attached hydrogens (tertiary/aromatic N) is 7. The lowest BCUT2D eigenvalue weighted by molar-refractivity contribution is 0.0164. The summed E-state index contributed by atoms with van der Waals surface area (Å²) < 4.78 is 13.4. The predicted molar refractivity (Wildman–Crippen MR) is 132 cm³/mol. The van der Waals surface area contributed by atoms with E-state index in [2.05, 4.69) is 25.4 Å². The van der Waals surface area contributed by atoms with Crippen molar-refractivity contribution in [3.05, 3.63) is 36.0 Å². The summed E-state index contributed by atoms with van der Waals surface area (Å²) in [5.41, 5.74) is 6.21. The number of rotatable bonds is 6. The van der Waals surface area contributed by atoms with Crippen molar-refractivity contribution in [3.8, 4) is 11.9 Å². The molecule has 3 aromatic heterocycles. The van der Waals surface area contributed by atoms with Crippen molar-refractivity contribution in [1.29, 1.82) is 5.26 Å². The maximum atomic E-state index is 12.3. The molecule has 3 N–H and O–H groups in total. The van der Waals surface area contributed by atoms with Crippen molar-refractivity contribution in [2.75, 3.05) is 30.7 Å². The minimum Gasteiger partial charge on any atom is -0.476 e. The van der Waals surface area contributed by atoms with E-state index in [4.69, 9.17) is 15.2 Å². The van der Waals surface area contributed by atoms with Crippen LogP contribution < -0.4 is 15.8 Å². The van der Waals surface area contributed by atoms with E-state index in [1.54, 1.807) is 9.42 Å². The molecule has 1 unspecified atom stereocenters. The van der Waals surface area contributed by atoms with Crippen LogP contribution in [0.1, 0.15) is 58.0 Å². The molecule has 0 aromatic carbocycles. The number of carbonyl (C=O) groups is 1. The Labute approximate surface area is 209 Å². The van der Waals surface area contributed by atoms with Gasteiger partial charge in [0.1, 0.15) is 40.7 Å². The molecule has 12 nitrogen and oxygen atoms in total. The molecule has 0 bridgehead atoms. The number of nitrogens with two attached hydrogens (primary N) is 1. The van der Waals surface area contributed by atoms with Crippen molar-refractivity contribution in [3.63, 3.8) is 0 Å². The van der Waals surface area contributed by atoms with Crippen LogP contribution in [0, 0.1) is 17.2 Å². The van der Waals surface area contributed by atoms with Gasteiger partial charge in [-0.2, -0.15) is 15.3 Å². The number of aromatic nitrogens is 5. The lowest BCUT2D eigenvalue weighted by Gasteiger charge is -2.33. The van der Waals surface area contributed by atoms with E-state index >= 15 is 0 Å². The van der Waals surface area contributed by atoms with Crippen LogP contribution in [0.3, 0.4) is 0 Å². The fourth-order valence-corrected chi connectivity index (χ4v) is 3.91. The molecule has 1 saturated heterocycles. The maximum Gasteiger partial charge on any atom is 0.410 e. The zero-order valence-electron chi connectivity index (χ0n) is 20.9. The van der Waals surface area contributed by atoms with Crippen molar-refractivity contribution in [2.45, 2.75) is 52.2 Å². The summed E-state index contributed by atoms with van der Waals surface area (Å²) in [7, 11) is 0. The number of anilines is 2. The second-order valence-corrected chi connectivity index (χ2v) is 9.80. The Hall–Kier alpha value is -4.14. The van der Waals surface area contributed by atoms with Gasteiger partial charge in [0.15, 0.2) is 5.82 Å². The fraction of sp³-hybridized carbons (Fsp3) is 0.500. The van der Waals surface area contributed by atoms with E-state index in [1.807, 2.05) is 52.1 Å². The molecule has 12 heteroatoms. The molecule has 1 amide bonds. The molecular weight excluding hydrogens is 462 g/mol. The zero-order chi connectivity index (χ0) is 25.9. The highest BCUT2D eigenvalue weighted by atomic mass is 16.6. The van der Waals surface area contributed by atoms with Crippen molar-refractivity contribution < 1.29 is 14.3 Å². The van der Waals surface area contributed by atoms with Gasteiger partial charge in [0.2, 0.25) is 5.88 Å². The van der Waals surface area contributed by atoms with E-state index in [0.717, 1.165) is 18.4 Å². The van der Waals surface area contributed by atoms with E-state index in [1.165, 1.54) is 6.33 Å². The number of nitrogens with one attached hydrogen (secondary N) is 1. The van der Waals surface area contributed by atoms with E-state index in [9.17, 15) is 10.1 Å². The third-order valence-corrected chi connectivity index (χ3v) is 5.82. The summed E-state index contributed by atoms with van der Waals surface area (Å²) in [6, 6.07) is 5.39. The van der Waals surface area contributed by atoms with Crippen LogP contribution in [0.15, 0.2) is 24.7 Å². The van der Waals surface area contributed by atoms with Crippen LogP contribution in [-0.2, 0) is 4.74 Å². The molecule has 0 saturated carbocycles. The molecule has 3 aromatic rings. The molecule has 1 aliphatic heterocycles. The minimum atomic E-state index is -0.507. The molecule has 4 heterocycles. The second-order valence-electron chi connectivity index (χ2n) is 9.80. The topological polar surface area (TPSA) is 157 Å².